The lowest BCUT2D eigenvalue weighted by molar-refractivity contribution is -0.116. The number of hydrogen-bond donors (Lipinski definition) is 2. The van der Waals surface area contributed by atoms with Crippen LogP contribution in [0.25, 0.3) is 11.0 Å². The van der Waals surface area contributed by atoms with Gasteiger partial charge in [0.15, 0.2) is 11.3 Å². The second-order valence-electron chi connectivity index (χ2n) is 8.44. The molecule has 2 aromatic carbocycles. The molecule has 166 valence electrons. The predicted molar refractivity (Wildman–Crippen MR) is 120 cm³/mol. The van der Waals surface area contributed by atoms with E-state index in [-0.39, 0.29) is 17.5 Å². The number of anilines is 2. The number of carbonyl (C=O) groups excluding carboxylic acids is 2. The van der Waals surface area contributed by atoms with Gasteiger partial charge in [-0.15, -0.1) is 0 Å². The molecular formula is C24H25FN4O3. The number of halogens is 1. The zero-order valence-corrected chi connectivity index (χ0v) is 17.7. The number of primary amides is 1. The molecule has 8 heteroatoms. The number of furan rings is 1. The lowest BCUT2D eigenvalue weighted by atomic mass is 9.99. The Morgan fingerprint density at radius 3 is 2.69 bits per heavy atom. The molecular weight excluding hydrogens is 411 g/mol. The van der Waals surface area contributed by atoms with Crippen LogP contribution in [0.3, 0.4) is 0 Å². The van der Waals surface area contributed by atoms with Gasteiger partial charge >= 0.3 is 0 Å². The quantitative estimate of drug-likeness (QED) is 0.642. The molecule has 32 heavy (non-hydrogen) atoms. The molecule has 3 heterocycles. The van der Waals surface area contributed by atoms with Gasteiger partial charge in [0.05, 0.1) is 5.69 Å². The third kappa shape index (κ3) is 4.05. The van der Waals surface area contributed by atoms with Crippen molar-refractivity contribution < 1.29 is 18.4 Å². The van der Waals surface area contributed by atoms with E-state index in [2.05, 4.69) is 33.3 Å². The van der Waals surface area contributed by atoms with Crippen molar-refractivity contribution in [2.45, 2.75) is 19.3 Å². The summed E-state index contributed by atoms with van der Waals surface area (Å²) in [6.07, 6.45) is 2.25. The SMILES string of the molecule is NC(=O)c1cc2cc(F)cc(N3CCN(CCc4ccc5c(c4)NC(=O)CC5)CC3)c2o1. The van der Waals surface area contributed by atoms with Crippen molar-refractivity contribution in [2.24, 2.45) is 5.73 Å². The number of amides is 2. The molecule has 0 bridgehead atoms. The van der Waals surface area contributed by atoms with Gasteiger partial charge in [-0.25, -0.2) is 4.39 Å². The van der Waals surface area contributed by atoms with Crippen molar-refractivity contribution in [3.05, 3.63) is 59.1 Å². The minimum atomic E-state index is -0.667. The van der Waals surface area contributed by atoms with Crippen LogP contribution in [-0.4, -0.2) is 49.4 Å². The second-order valence-corrected chi connectivity index (χ2v) is 8.44. The van der Waals surface area contributed by atoms with E-state index in [0.29, 0.717) is 23.1 Å². The Balaban J connectivity index is 1.23. The molecule has 1 saturated heterocycles. The van der Waals surface area contributed by atoms with Gasteiger partial charge in [-0.05, 0) is 42.2 Å². The molecule has 2 aliphatic heterocycles. The Morgan fingerprint density at radius 2 is 1.91 bits per heavy atom. The van der Waals surface area contributed by atoms with Crippen LogP contribution in [0.4, 0.5) is 15.8 Å². The minimum Gasteiger partial charge on any atom is -0.449 e. The minimum absolute atomic E-state index is 0.0340. The van der Waals surface area contributed by atoms with Crippen LogP contribution in [0.1, 0.15) is 28.1 Å². The van der Waals surface area contributed by atoms with Gasteiger partial charge in [-0.2, -0.15) is 0 Å². The molecule has 3 aromatic rings. The van der Waals surface area contributed by atoms with Crippen LogP contribution in [0, 0.1) is 5.82 Å². The van der Waals surface area contributed by atoms with Gasteiger partial charge in [0.1, 0.15) is 5.82 Å². The number of nitrogens with zero attached hydrogens (tertiary/aromatic N) is 2. The maximum absolute atomic E-state index is 14.2. The van der Waals surface area contributed by atoms with E-state index in [1.165, 1.54) is 29.3 Å². The number of benzene rings is 2. The average molecular weight is 436 g/mol. The smallest absolute Gasteiger partial charge is 0.284 e. The first kappa shape index (κ1) is 20.5. The van der Waals surface area contributed by atoms with Crippen molar-refractivity contribution in [2.75, 3.05) is 42.9 Å². The van der Waals surface area contributed by atoms with Crippen molar-refractivity contribution in [3.8, 4) is 0 Å². The number of aryl methyl sites for hydroxylation is 1. The monoisotopic (exact) mass is 436 g/mol. The van der Waals surface area contributed by atoms with E-state index < -0.39 is 5.91 Å². The van der Waals surface area contributed by atoms with E-state index >= 15 is 0 Å². The number of nitrogens with two attached hydrogens (primary N) is 1. The fourth-order valence-electron chi connectivity index (χ4n) is 4.53. The first-order valence-corrected chi connectivity index (χ1v) is 10.9. The summed E-state index contributed by atoms with van der Waals surface area (Å²) in [7, 11) is 0. The Kier molecular flexibility index (Phi) is 5.30. The maximum Gasteiger partial charge on any atom is 0.284 e. The highest BCUT2D eigenvalue weighted by atomic mass is 19.1. The van der Waals surface area contributed by atoms with Gasteiger partial charge in [0.25, 0.3) is 5.91 Å². The van der Waals surface area contributed by atoms with E-state index in [4.69, 9.17) is 10.2 Å². The number of piperazine rings is 1. The molecule has 2 aliphatic rings. The highest BCUT2D eigenvalue weighted by Crippen LogP contribution is 2.32. The lowest BCUT2D eigenvalue weighted by Crippen LogP contribution is -2.47. The van der Waals surface area contributed by atoms with Crippen LogP contribution in [0.15, 0.2) is 40.8 Å². The summed E-state index contributed by atoms with van der Waals surface area (Å²) < 4.78 is 19.8. The van der Waals surface area contributed by atoms with Crippen molar-refractivity contribution in [1.29, 1.82) is 0 Å². The molecule has 0 saturated carbocycles. The van der Waals surface area contributed by atoms with Crippen LogP contribution < -0.4 is 16.0 Å². The van der Waals surface area contributed by atoms with E-state index in [1.54, 1.807) is 0 Å². The van der Waals surface area contributed by atoms with Crippen molar-refractivity contribution in [1.82, 2.24) is 4.90 Å². The van der Waals surface area contributed by atoms with Gasteiger partial charge in [0.2, 0.25) is 5.91 Å². The zero-order chi connectivity index (χ0) is 22.2. The summed E-state index contributed by atoms with van der Waals surface area (Å²) in [5.74, 6) is -0.922. The van der Waals surface area contributed by atoms with Crippen molar-refractivity contribution >= 4 is 34.2 Å². The summed E-state index contributed by atoms with van der Waals surface area (Å²) >= 11 is 0. The second kappa shape index (κ2) is 8.27. The average Bonchev–Trinajstić information content (AvgIpc) is 3.21. The Labute approximate surface area is 185 Å². The normalized spacial score (nSPS) is 16.8. The zero-order valence-electron chi connectivity index (χ0n) is 17.7. The first-order chi connectivity index (χ1) is 15.5. The molecule has 1 fully saturated rings. The van der Waals surface area contributed by atoms with Gasteiger partial charge in [-0.3, -0.25) is 14.5 Å². The van der Waals surface area contributed by atoms with Crippen LogP contribution in [0.2, 0.25) is 0 Å². The van der Waals surface area contributed by atoms with E-state index in [0.717, 1.165) is 51.3 Å². The summed E-state index contributed by atoms with van der Waals surface area (Å²) in [4.78, 5) is 27.6. The topological polar surface area (TPSA) is 91.8 Å². The largest absolute Gasteiger partial charge is 0.449 e. The molecule has 0 atom stereocenters. The lowest BCUT2D eigenvalue weighted by Gasteiger charge is -2.36. The fourth-order valence-corrected chi connectivity index (χ4v) is 4.53. The molecule has 7 nitrogen and oxygen atoms in total. The van der Waals surface area contributed by atoms with Crippen molar-refractivity contribution in [3.63, 3.8) is 0 Å². The summed E-state index contributed by atoms with van der Waals surface area (Å²) in [5, 5.41) is 3.50. The number of fused-ring (bicyclic) bond motifs is 2. The standard InChI is InChI=1S/C24H25FN4O3/c25-18-12-17-13-21(24(26)31)32-23(17)20(14-18)29-9-7-28(8-10-29)6-5-15-1-2-16-3-4-22(30)27-19(16)11-15/h1-2,11-14H,3-10H2,(H2,26,31)(H,27,30). The van der Waals surface area contributed by atoms with E-state index in [1.807, 2.05) is 0 Å². The third-order valence-electron chi connectivity index (χ3n) is 6.30. The summed E-state index contributed by atoms with van der Waals surface area (Å²) in [6.45, 7) is 4.04. The van der Waals surface area contributed by atoms with Gasteiger partial charge in [0, 0.05) is 56.3 Å². The van der Waals surface area contributed by atoms with Gasteiger partial charge in [-0.1, -0.05) is 12.1 Å². The van der Waals surface area contributed by atoms with Crippen LogP contribution >= 0.6 is 0 Å². The number of carbonyl (C=O) groups is 2. The summed E-state index contributed by atoms with van der Waals surface area (Å²) in [6, 6.07) is 10.6. The van der Waals surface area contributed by atoms with Crippen LogP contribution in [0.5, 0.6) is 0 Å². The number of rotatable bonds is 5. The first-order valence-electron chi connectivity index (χ1n) is 10.9. The van der Waals surface area contributed by atoms with Crippen LogP contribution in [-0.2, 0) is 17.6 Å². The molecule has 0 spiro atoms. The summed E-state index contributed by atoms with van der Waals surface area (Å²) in [5.41, 5.74) is 9.80. The molecule has 3 N–H and O–H groups in total. The molecule has 5 rings (SSSR count). The molecule has 2 amide bonds. The van der Waals surface area contributed by atoms with Gasteiger partial charge < -0.3 is 20.4 Å². The molecule has 0 unspecified atom stereocenters. The number of nitrogens with one attached hydrogen (secondary N) is 1. The molecule has 1 aromatic heterocycles. The molecule has 0 radical (unpaired) electrons. The Bertz CT molecular complexity index is 1200. The predicted octanol–water partition coefficient (Wildman–Crippen LogP) is 2.92. The Hall–Kier alpha value is -3.39. The Morgan fingerprint density at radius 1 is 1.09 bits per heavy atom. The third-order valence-corrected chi connectivity index (χ3v) is 6.30. The number of hydrogen-bond acceptors (Lipinski definition) is 5. The van der Waals surface area contributed by atoms with E-state index in [9.17, 15) is 14.0 Å². The molecule has 0 aliphatic carbocycles. The maximum atomic E-state index is 14.2. The highest BCUT2D eigenvalue weighted by molar-refractivity contribution is 5.98. The highest BCUT2D eigenvalue weighted by Gasteiger charge is 2.22. The fraction of sp³-hybridized carbons (Fsp3) is 0.333.